The normalized spacial score (nSPS) is 22.5. The summed E-state index contributed by atoms with van der Waals surface area (Å²) in [5.74, 6) is 4.66. The minimum Gasteiger partial charge on any atom is -0.356 e. The van der Waals surface area contributed by atoms with Crippen molar-refractivity contribution >= 4 is 17.4 Å². The summed E-state index contributed by atoms with van der Waals surface area (Å²) in [7, 11) is 0. The van der Waals surface area contributed by atoms with Gasteiger partial charge in [-0.05, 0) is 51.4 Å². The molecule has 2 saturated heterocycles. The zero-order valence-electron chi connectivity index (χ0n) is 16.4. The summed E-state index contributed by atoms with van der Waals surface area (Å²) >= 11 is 0. The van der Waals surface area contributed by atoms with Crippen LogP contribution in [0.15, 0.2) is 6.07 Å². The molecule has 0 unspecified atom stereocenters. The van der Waals surface area contributed by atoms with E-state index >= 15 is 0 Å². The van der Waals surface area contributed by atoms with Crippen LogP contribution in [0.4, 0.5) is 11.6 Å². The van der Waals surface area contributed by atoms with E-state index in [1.54, 1.807) is 0 Å². The average molecular weight is 369 g/mol. The largest absolute Gasteiger partial charge is 0.356 e. The standard InChI is InChI=1S/C21H32N6/c1-4-10-17(11-5-1)20-23-21-22-18(25-12-6-2-7-13-25)16-19(27(21)24-20)26-14-8-3-9-15-26/h16-17H,1-15H2. The Balaban J connectivity index is 1.55. The highest BCUT2D eigenvalue weighted by Gasteiger charge is 2.24. The van der Waals surface area contributed by atoms with Crippen LogP contribution in [0, 0.1) is 0 Å². The SMILES string of the molecule is c1c(N2CCCCC2)nc2nc(C3CCCCC3)nn2c1N1CCCCC1. The van der Waals surface area contributed by atoms with Gasteiger partial charge in [-0.3, -0.25) is 0 Å². The van der Waals surface area contributed by atoms with Crippen molar-refractivity contribution in [3.63, 3.8) is 0 Å². The van der Waals surface area contributed by atoms with Crippen LogP contribution >= 0.6 is 0 Å². The minimum absolute atomic E-state index is 0.521. The number of anilines is 2. The lowest BCUT2D eigenvalue weighted by Gasteiger charge is -2.31. The third-order valence-electron chi connectivity index (χ3n) is 6.63. The number of hydrogen-bond donors (Lipinski definition) is 0. The first-order valence-corrected chi connectivity index (χ1v) is 11.2. The summed E-state index contributed by atoms with van der Waals surface area (Å²) in [5, 5.41) is 4.98. The summed E-state index contributed by atoms with van der Waals surface area (Å²) in [6.45, 7) is 4.48. The third kappa shape index (κ3) is 3.50. The van der Waals surface area contributed by atoms with E-state index in [1.165, 1.54) is 76.4 Å². The number of nitrogens with zero attached hydrogens (tertiary/aromatic N) is 6. The van der Waals surface area contributed by atoms with Crippen molar-refractivity contribution in [2.24, 2.45) is 0 Å². The molecule has 0 bridgehead atoms. The van der Waals surface area contributed by atoms with E-state index < -0.39 is 0 Å². The van der Waals surface area contributed by atoms with Crippen LogP contribution in [0.1, 0.15) is 82.4 Å². The van der Waals surface area contributed by atoms with Crippen LogP contribution in [0.2, 0.25) is 0 Å². The second-order valence-corrected chi connectivity index (χ2v) is 8.58. The zero-order chi connectivity index (χ0) is 18.1. The lowest BCUT2D eigenvalue weighted by atomic mass is 9.89. The van der Waals surface area contributed by atoms with Crippen LogP contribution in [-0.2, 0) is 0 Å². The van der Waals surface area contributed by atoms with Crippen LogP contribution in [0.25, 0.3) is 5.78 Å². The van der Waals surface area contributed by atoms with Gasteiger partial charge in [-0.25, -0.2) is 0 Å². The Morgan fingerprint density at radius 1 is 0.704 bits per heavy atom. The fourth-order valence-electron chi connectivity index (χ4n) is 5.02. The van der Waals surface area contributed by atoms with Crippen molar-refractivity contribution in [3.05, 3.63) is 11.9 Å². The third-order valence-corrected chi connectivity index (χ3v) is 6.63. The molecule has 1 saturated carbocycles. The van der Waals surface area contributed by atoms with Gasteiger partial charge in [0.15, 0.2) is 5.82 Å². The molecule has 3 aliphatic rings. The van der Waals surface area contributed by atoms with Gasteiger partial charge >= 0.3 is 0 Å². The molecule has 0 N–H and O–H groups in total. The maximum absolute atomic E-state index is 4.98. The Morgan fingerprint density at radius 2 is 1.33 bits per heavy atom. The van der Waals surface area contributed by atoms with Gasteiger partial charge in [-0.15, -0.1) is 5.10 Å². The fourth-order valence-corrected chi connectivity index (χ4v) is 5.02. The molecule has 0 atom stereocenters. The van der Waals surface area contributed by atoms with Gasteiger partial charge in [0.05, 0.1) is 0 Å². The fraction of sp³-hybridized carbons (Fsp3) is 0.762. The van der Waals surface area contributed by atoms with Crippen LogP contribution in [-0.4, -0.2) is 45.8 Å². The van der Waals surface area contributed by atoms with E-state index in [4.69, 9.17) is 15.1 Å². The molecular formula is C21H32N6. The Morgan fingerprint density at radius 3 is 2.04 bits per heavy atom. The maximum atomic E-state index is 4.98. The topological polar surface area (TPSA) is 49.6 Å². The van der Waals surface area contributed by atoms with Gasteiger partial charge in [-0.2, -0.15) is 14.5 Å². The molecule has 2 aliphatic heterocycles. The predicted molar refractivity (Wildman–Crippen MR) is 109 cm³/mol. The number of rotatable bonds is 3. The molecular weight excluding hydrogens is 336 g/mol. The van der Waals surface area contributed by atoms with Gasteiger partial charge in [0.25, 0.3) is 5.78 Å². The Bertz CT molecular complexity index is 766. The number of hydrogen-bond acceptors (Lipinski definition) is 5. The minimum atomic E-state index is 0.521. The molecule has 2 aromatic heterocycles. The van der Waals surface area contributed by atoms with Crippen molar-refractivity contribution in [1.29, 1.82) is 0 Å². The highest BCUT2D eigenvalue weighted by molar-refractivity contribution is 5.57. The lowest BCUT2D eigenvalue weighted by molar-refractivity contribution is 0.429. The molecule has 4 heterocycles. The molecule has 0 aromatic carbocycles. The number of aromatic nitrogens is 4. The summed E-state index contributed by atoms with van der Waals surface area (Å²) in [6, 6.07) is 2.28. The Hall–Kier alpha value is -1.85. The summed E-state index contributed by atoms with van der Waals surface area (Å²) < 4.78 is 2.04. The van der Waals surface area contributed by atoms with E-state index in [-0.39, 0.29) is 0 Å². The van der Waals surface area contributed by atoms with E-state index in [0.717, 1.165) is 43.6 Å². The van der Waals surface area contributed by atoms with Gasteiger partial charge in [-0.1, -0.05) is 19.3 Å². The van der Waals surface area contributed by atoms with Crippen LogP contribution < -0.4 is 9.80 Å². The molecule has 3 fully saturated rings. The second-order valence-electron chi connectivity index (χ2n) is 8.58. The Kier molecular flexibility index (Phi) is 4.89. The van der Waals surface area contributed by atoms with Crippen LogP contribution in [0.5, 0.6) is 0 Å². The van der Waals surface area contributed by atoms with E-state index in [0.29, 0.717) is 5.92 Å². The molecule has 1 aliphatic carbocycles. The smallest absolute Gasteiger partial charge is 0.256 e. The van der Waals surface area contributed by atoms with Gasteiger partial charge in [0, 0.05) is 38.2 Å². The van der Waals surface area contributed by atoms with Gasteiger partial charge in [0.2, 0.25) is 0 Å². The van der Waals surface area contributed by atoms with Crippen molar-refractivity contribution < 1.29 is 0 Å². The first-order valence-electron chi connectivity index (χ1n) is 11.2. The summed E-state index contributed by atoms with van der Waals surface area (Å²) in [5.41, 5.74) is 0. The average Bonchev–Trinajstić information content (AvgIpc) is 3.19. The molecule has 6 nitrogen and oxygen atoms in total. The van der Waals surface area contributed by atoms with Gasteiger partial charge < -0.3 is 9.80 Å². The van der Waals surface area contributed by atoms with Gasteiger partial charge in [0.1, 0.15) is 11.6 Å². The van der Waals surface area contributed by atoms with E-state index in [2.05, 4.69) is 15.9 Å². The second kappa shape index (κ2) is 7.64. The molecule has 27 heavy (non-hydrogen) atoms. The molecule has 5 rings (SSSR count). The van der Waals surface area contributed by atoms with Crippen molar-refractivity contribution in [2.45, 2.75) is 76.5 Å². The van der Waals surface area contributed by atoms with E-state index in [1.807, 2.05) is 4.52 Å². The van der Waals surface area contributed by atoms with E-state index in [9.17, 15) is 0 Å². The summed E-state index contributed by atoms with van der Waals surface area (Å²) in [6.07, 6.45) is 14.2. The monoisotopic (exact) mass is 368 g/mol. The zero-order valence-corrected chi connectivity index (χ0v) is 16.4. The summed E-state index contributed by atoms with van der Waals surface area (Å²) in [4.78, 5) is 14.8. The van der Waals surface area contributed by atoms with Crippen molar-refractivity contribution in [2.75, 3.05) is 36.0 Å². The number of fused-ring (bicyclic) bond motifs is 1. The lowest BCUT2D eigenvalue weighted by Crippen LogP contribution is -2.33. The first-order chi connectivity index (χ1) is 13.4. The highest BCUT2D eigenvalue weighted by Crippen LogP contribution is 2.32. The van der Waals surface area contributed by atoms with Crippen LogP contribution in [0.3, 0.4) is 0 Å². The molecule has 0 amide bonds. The predicted octanol–water partition coefficient (Wildman–Crippen LogP) is 4.15. The molecule has 6 heteroatoms. The molecule has 0 spiro atoms. The first kappa shape index (κ1) is 17.3. The Labute approximate surface area is 162 Å². The number of piperidine rings is 2. The molecule has 146 valence electrons. The molecule has 0 radical (unpaired) electrons. The quantitative estimate of drug-likeness (QED) is 0.814. The highest BCUT2D eigenvalue weighted by atomic mass is 15.4. The molecule has 2 aromatic rings. The maximum Gasteiger partial charge on any atom is 0.256 e. The van der Waals surface area contributed by atoms with Crippen molar-refractivity contribution in [3.8, 4) is 0 Å². The van der Waals surface area contributed by atoms with Crippen molar-refractivity contribution in [1.82, 2.24) is 19.6 Å².